The fraction of sp³-hybridized carbons (Fsp3) is 0.263. The molecule has 0 radical (unpaired) electrons. The summed E-state index contributed by atoms with van der Waals surface area (Å²) in [5.41, 5.74) is 5.86. The summed E-state index contributed by atoms with van der Waals surface area (Å²) in [6, 6.07) is 11.2. The van der Waals surface area contributed by atoms with Gasteiger partial charge in [-0.2, -0.15) is 0 Å². The van der Waals surface area contributed by atoms with Crippen LogP contribution in [0.2, 0.25) is 0 Å². The molecule has 0 bridgehead atoms. The minimum atomic E-state index is 0.296. The molecule has 2 aromatic carbocycles. The fourth-order valence-corrected chi connectivity index (χ4v) is 3.13. The van der Waals surface area contributed by atoms with E-state index in [1.54, 1.807) is 12.1 Å². The smallest absolute Gasteiger partial charge is 0.115 e. The van der Waals surface area contributed by atoms with E-state index in [2.05, 4.69) is 13.5 Å². The number of rotatable bonds is 0. The second-order valence-corrected chi connectivity index (χ2v) is 5.92. The number of allylic oxidation sites excluding steroid dienone is 1. The number of hydrogen-bond acceptors (Lipinski definition) is 2. The summed E-state index contributed by atoms with van der Waals surface area (Å²) in [4.78, 5) is 0. The lowest BCUT2D eigenvalue weighted by Crippen LogP contribution is -2.03. The molecule has 0 saturated carbocycles. The maximum absolute atomic E-state index is 9.74. The molecule has 2 nitrogen and oxygen atoms in total. The second-order valence-electron chi connectivity index (χ2n) is 5.92. The Labute approximate surface area is 125 Å². The fourth-order valence-electron chi connectivity index (χ4n) is 3.13. The molecule has 2 aromatic rings. The maximum Gasteiger partial charge on any atom is 0.115 e. The van der Waals surface area contributed by atoms with Crippen LogP contribution in [0.25, 0.3) is 5.57 Å². The average molecular weight is 280 g/mol. The molecule has 108 valence electrons. The first-order valence-corrected chi connectivity index (χ1v) is 7.36. The topological polar surface area (TPSA) is 40.5 Å². The number of phenolic OH excluding ortho intramolecular Hbond substituents is 2. The Morgan fingerprint density at radius 2 is 1.52 bits per heavy atom. The van der Waals surface area contributed by atoms with Gasteiger partial charge in [0.1, 0.15) is 11.5 Å². The molecule has 0 aromatic heterocycles. The van der Waals surface area contributed by atoms with E-state index in [-0.39, 0.29) is 0 Å². The van der Waals surface area contributed by atoms with Crippen LogP contribution in [0.3, 0.4) is 0 Å². The molecule has 0 spiro atoms. The lowest BCUT2D eigenvalue weighted by molar-refractivity contribution is 0.473. The molecule has 1 unspecified atom stereocenters. The van der Waals surface area contributed by atoms with E-state index >= 15 is 0 Å². The molecule has 2 N–H and O–H groups in total. The summed E-state index contributed by atoms with van der Waals surface area (Å²) < 4.78 is 0. The van der Waals surface area contributed by atoms with Gasteiger partial charge in [-0.1, -0.05) is 25.6 Å². The normalized spacial score (nSPS) is 18.1. The van der Waals surface area contributed by atoms with Crippen molar-refractivity contribution in [1.29, 1.82) is 0 Å². The van der Waals surface area contributed by atoms with E-state index in [1.807, 2.05) is 24.3 Å². The van der Waals surface area contributed by atoms with Crippen molar-refractivity contribution >= 4 is 5.57 Å². The summed E-state index contributed by atoms with van der Waals surface area (Å²) in [7, 11) is 0. The van der Waals surface area contributed by atoms with Crippen LogP contribution in [-0.4, -0.2) is 10.2 Å². The van der Waals surface area contributed by atoms with Gasteiger partial charge < -0.3 is 10.2 Å². The molecule has 2 heteroatoms. The van der Waals surface area contributed by atoms with Crippen LogP contribution < -0.4 is 0 Å². The van der Waals surface area contributed by atoms with Crippen LogP contribution in [0, 0.1) is 5.92 Å². The molecule has 0 fully saturated rings. The Morgan fingerprint density at radius 1 is 0.905 bits per heavy atom. The third kappa shape index (κ3) is 2.66. The van der Waals surface area contributed by atoms with Crippen LogP contribution >= 0.6 is 0 Å². The number of hydrogen-bond donors (Lipinski definition) is 2. The highest BCUT2D eigenvalue weighted by Gasteiger charge is 2.18. The summed E-state index contributed by atoms with van der Waals surface area (Å²) >= 11 is 0. The van der Waals surface area contributed by atoms with Crippen LogP contribution in [-0.2, 0) is 19.3 Å². The predicted octanol–water partition coefficient (Wildman–Crippen LogP) is 4.09. The highest BCUT2D eigenvalue weighted by atomic mass is 16.3. The largest absolute Gasteiger partial charge is 0.508 e. The Balaban J connectivity index is 2.09. The Hall–Kier alpha value is -2.22. The molecule has 1 atom stereocenters. The van der Waals surface area contributed by atoms with Gasteiger partial charge in [-0.25, -0.2) is 0 Å². The molecule has 3 rings (SSSR count). The summed E-state index contributed by atoms with van der Waals surface area (Å²) in [5, 5.41) is 19.5. The predicted molar refractivity (Wildman–Crippen MR) is 85.5 cm³/mol. The lowest BCUT2D eigenvalue weighted by Gasteiger charge is -2.17. The zero-order valence-corrected chi connectivity index (χ0v) is 12.3. The minimum Gasteiger partial charge on any atom is -0.508 e. The maximum atomic E-state index is 9.74. The van der Waals surface area contributed by atoms with Crippen molar-refractivity contribution in [2.75, 3.05) is 0 Å². The van der Waals surface area contributed by atoms with E-state index in [4.69, 9.17) is 0 Å². The van der Waals surface area contributed by atoms with Crippen LogP contribution in [0.1, 0.15) is 29.2 Å². The zero-order valence-electron chi connectivity index (χ0n) is 12.3. The van der Waals surface area contributed by atoms with Crippen molar-refractivity contribution in [1.82, 2.24) is 0 Å². The van der Waals surface area contributed by atoms with Gasteiger partial charge in [0, 0.05) is 0 Å². The first-order valence-electron chi connectivity index (χ1n) is 7.36. The number of phenols is 2. The van der Waals surface area contributed by atoms with Crippen LogP contribution in [0.4, 0.5) is 0 Å². The molecule has 1 aliphatic carbocycles. The Morgan fingerprint density at radius 3 is 2.29 bits per heavy atom. The first-order chi connectivity index (χ1) is 10.0. The number of benzene rings is 2. The average Bonchev–Trinajstić information content (AvgIpc) is 2.50. The third-order valence-corrected chi connectivity index (χ3v) is 4.41. The number of fused-ring (bicyclic) bond motifs is 2. The van der Waals surface area contributed by atoms with E-state index in [0.29, 0.717) is 17.4 Å². The second kappa shape index (κ2) is 5.28. The van der Waals surface area contributed by atoms with Crippen LogP contribution in [0.15, 0.2) is 43.0 Å². The van der Waals surface area contributed by atoms with Crippen molar-refractivity contribution in [3.05, 3.63) is 65.2 Å². The number of aryl methyl sites for hydroxylation is 2. The molecule has 0 amide bonds. The number of aromatic hydroxyl groups is 2. The van der Waals surface area contributed by atoms with Gasteiger partial charge >= 0.3 is 0 Å². The van der Waals surface area contributed by atoms with E-state index in [9.17, 15) is 10.2 Å². The van der Waals surface area contributed by atoms with Crippen molar-refractivity contribution in [3.63, 3.8) is 0 Å². The molecule has 21 heavy (non-hydrogen) atoms. The lowest BCUT2D eigenvalue weighted by atomic mass is 9.88. The van der Waals surface area contributed by atoms with Crippen LogP contribution in [0.5, 0.6) is 11.5 Å². The van der Waals surface area contributed by atoms with Gasteiger partial charge in [-0.15, -0.1) is 0 Å². The highest BCUT2D eigenvalue weighted by molar-refractivity contribution is 5.69. The van der Waals surface area contributed by atoms with Crippen molar-refractivity contribution in [3.8, 4) is 11.5 Å². The Kier molecular flexibility index (Phi) is 3.46. The SMILES string of the molecule is C=C1c2ccc(O)cc2CCc2cc(O)ccc2CC1C. The minimum absolute atomic E-state index is 0.296. The third-order valence-electron chi connectivity index (χ3n) is 4.41. The molecule has 0 aliphatic heterocycles. The van der Waals surface area contributed by atoms with Gasteiger partial charge in [0.25, 0.3) is 0 Å². The van der Waals surface area contributed by atoms with E-state index < -0.39 is 0 Å². The van der Waals surface area contributed by atoms with Gasteiger partial charge in [0.2, 0.25) is 0 Å². The molecule has 0 heterocycles. The van der Waals surface area contributed by atoms with Gasteiger partial charge in [0.15, 0.2) is 0 Å². The first kappa shape index (κ1) is 13.7. The molecule has 0 saturated heterocycles. The van der Waals surface area contributed by atoms with Crippen molar-refractivity contribution in [2.24, 2.45) is 5.92 Å². The quantitative estimate of drug-likeness (QED) is 0.763. The summed E-state index contributed by atoms with van der Waals surface area (Å²) in [6.07, 6.45) is 2.63. The van der Waals surface area contributed by atoms with Crippen molar-refractivity contribution < 1.29 is 10.2 Å². The van der Waals surface area contributed by atoms with Crippen molar-refractivity contribution in [2.45, 2.75) is 26.2 Å². The van der Waals surface area contributed by atoms with Gasteiger partial charge in [0.05, 0.1) is 0 Å². The van der Waals surface area contributed by atoms with E-state index in [0.717, 1.165) is 36.0 Å². The molecular formula is C19H20O2. The van der Waals surface area contributed by atoms with E-state index in [1.165, 1.54) is 11.1 Å². The van der Waals surface area contributed by atoms with Gasteiger partial charge in [-0.3, -0.25) is 0 Å². The molecular weight excluding hydrogens is 260 g/mol. The summed E-state index contributed by atoms with van der Waals surface area (Å²) in [5.74, 6) is 0.940. The highest BCUT2D eigenvalue weighted by Crippen LogP contribution is 2.33. The monoisotopic (exact) mass is 280 g/mol. The van der Waals surface area contributed by atoms with Gasteiger partial charge in [-0.05, 0) is 77.3 Å². The Bertz CT molecular complexity index is 701. The summed E-state index contributed by atoms with van der Waals surface area (Å²) in [6.45, 7) is 6.45. The zero-order chi connectivity index (χ0) is 15.0. The molecule has 1 aliphatic rings. The standard InChI is InChI=1S/C19H20O2/c1-12-9-14-5-6-17(20)10-15(14)3-4-16-11-18(21)7-8-19(16)13(12)2/h5-8,10-12,20-21H,2-4,9H2,1H3.